The van der Waals surface area contributed by atoms with Crippen LogP contribution < -0.4 is 10.7 Å². The van der Waals surface area contributed by atoms with Gasteiger partial charge in [-0.25, -0.2) is 8.78 Å². The summed E-state index contributed by atoms with van der Waals surface area (Å²) in [6.07, 6.45) is 4.25. The molecule has 0 unspecified atom stereocenters. The summed E-state index contributed by atoms with van der Waals surface area (Å²) in [6, 6.07) is 3.41. The summed E-state index contributed by atoms with van der Waals surface area (Å²) in [6.45, 7) is 2.70. The third kappa shape index (κ3) is 4.46. The van der Waals surface area contributed by atoms with E-state index in [2.05, 4.69) is 10.3 Å². The minimum Gasteiger partial charge on any atom is -0.503 e. The van der Waals surface area contributed by atoms with Crippen LogP contribution in [0.4, 0.5) is 8.78 Å². The van der Waals surface area contributed by atoms with E-state index >= 15 is 0 Å². The maximum Gasteiger partial charge on any atom is 0.271 e. The van der Waals surface area contributed by atoms with E-state index in [1.54, 1.807) is 0 Å². The molecule has 0 fully saturated rings. The van der Waals surface area contributed by atoms with Crippen LogP contribution >= 0.6 is 11.8 Å². The first-order chi connectivity index (χ1) is 14.3. The SMILES string of the molecule is CC/C=C(\Cc1ccc(F)cc1F)SC(=NC)c1cn2c(c(O)c1=O)C(=O)NCC2. The highest BCUT2D eigenvalue weighted by Gasteiger charge is 2.26. The first kappa shape index (κ1) is 21.8. The van der Waals surface area contributed by atoms with Crippen molar-refractivity contribution in [2.45, 2.75) is 26.3 Å². The molecule has 1 aliphatic rings. The van der Waals surface area contributed by atoms with Crippen molar-refractivity contribution in [1.29, 1.82) is 0 Å². The van der Waals surface area contributed by atoms with E-state index in [9.17, 15) is 23.5 Å². The zero-order valence-electron chi connectivity index (χ0n) is 16.5. The van der Waals surface area contributed by atoms with E-state index in [4.69, 9.17) is 0 Å². The molecule has 2 heterocycles. The zero-order valence-corrected chi connectivity index (χ0v) is 17.4. The number of halogens is 2. The normalized spacial score (nSPS) is 14.5. The lowest BCUT2D eigenvalue weighted by Gasteiger charge is -2.21. The van der Waals surface area contributed by atoms with Crippen molar-refractivity contribution >= 4 is 22.7 Å². The highest BCUT2D eigenvalue weighted by Crippen LogP contribution is 2.28. The van der Waals surface area contributed by atoms with Gasteiger partial charge in [-0.05, 0) is 23.0 Å². The molecular formula is C21H21F2N3O3S. The predicted molar refractivity (Wildman–Crippen MR) is 113 cm³/mol. The van der Waals surface area contributed by atoms with E-state index in [1.807, 2.05) is 13.0 Å². The molecule has 0 saturated heterocycles. The van der Waals surface area contributed by atoms with Gasteiger partial charge in [-0.15, -0.1) is 0 Å². The number of thioether (sulfide) groups is 1. The number of hydrogen-bond acceptors (Lipinski definition) is 5. The Morgan fingerprint density at radius 1 is 1.37 bits per heavy atom. The third-order valence-corrected chi connectivity index (χ3v) is 5.75. The van der Waals surface area contributed by atoms with Crippen molar-refractivity contribution in [3.8, 4) is 5.75 Å². The minimum absolute atomic E-state index is 0.0758. The Labute approximate surface area is 176 Å². The van der Waals surface area contributed by atoms with Crippen LogP contribution in [0.5, 0.6) is 5.75 Å². The smallest absolute Gasteiger partial charge is 0.271 e. The third-order valence-electron chi connectivity index (χ3n) is 4.58. The predicted octanol–water partition coefficient (Wildman–Crippen LogP) is 3.22. The number of nitrogens with zero attached hydrogens (tertiary/aromatic N) is 2. The molecule has 0 radical (unpaired) electrons. The second kappa shape index (κ2) is 9.25. The molecular weight excluding hydrogens is 412 g/mol. The second-order valence-corrected chi connectivity index (χ2v) is 7.76. The number of rotatable bonds is 5. The van der Waals surface area contributed by atoms with Gasteiger partial charge < -0.3 is 15.0 Å². The minimum atomic E-state index is -0.699. The summed E-state index contributed by atoms with van der Waals surface area (Å²) in [5, 5.41) is 13.2. The van der Waals surface area contributed by atoms with Gasteiger partial charge in [0.1, 0.15) is 16.7 Å². The first-order valence-electron chi connectivity index (χ1n) is 9.38. The molecule has 0 saturated carbocycles. The Balaban J connectivity index is 1.95. The van der Waals surface area contributed by atoms with Gasteiger partial charge in [0.15, 0.2) is 11.4 Å². The number of pyridine rings is 1. The van der Waals surface area contributed by atoms with Crippen LogP contribution in [0.2, 0.25) is 0 Å². The molecule has 0 spiro atoms. The van der Waals surface area contributed by atoms with Gasteiger partial charge in [0.05, 0.1) is 5.56 Å². The van der Waals surface area contributed by atoms with Gasteiger partial charge in [0.25, 0.3) is 5.91 Å². The fourth-order valence-corrected chi connectivity index (χ4v) is 4.24. The molecule has 1 amide bonds. The highest BCUT2D eigenvalue weighted by molar-refractivity contribution is 8.17. The summed E-state index contributed by atoms with van der Waals surface area (Å²) in [4.78, 5) is 29.6. The second-order valence-electron chi connectivity index (χ2n) is 6.64. The van der Waals surface area contributed by atoms with E-state index in [-0.39, 0.29) is 17.7 Å². The van der Waals surface area contributed by atoms with Crippen molar-refractivity contribution in [3.63, 3.8) is 0 Å². The molecule has 2 aromatic rings. The van der Waals surface area contributed by atoms with Gasteiger partial charge in [0, 0.05) is 38.8 Å². The Kier molecular flexibility index (Phi) is 6.71. The van der Waals surface area contributed by atoms with E-state index in [0.29, 0.717) is 30.1 Å². The fourth-order valence-electron chi connectivity index (χ4n) is 3.17. The number of aromatic hydroxyl groups is 1. The van der Waals surface area contributed by atoms with Crippen molar-refractivity contribution < 1.29 is 18.7 Å². The average molecular weight is 433 g/mol. The Morgan fingerprint density at radius 3 is 2.80 bits per heavy atom. The van der Waals surface area contributed by atoms with Crippen LogP contribution in [0.1, 0.15) is 35.0 Å². The largest absolute Gasteiger partial charge is 0.503 e. The van der Waals surface area contributed by atoms with Gasteiger partial charge in [-0.3, -0.25) is 14.6 Å². The maximum absolute atomic E-state index is 14.1. The molecule has 0 bridgehead atoms. The number of aromatic nitrogens is 1. The highest BCUT2D eigenvalue weighted by atomic mass is 32.2. The van der Waals surface area contributed by atoms with E-state index in [0.717, 1.165) is 11.0 Å². The van der Waals surface area contributed by atoms with Gasteiger partial charge in [-0.2, -0.15) is 0 Å². The van der Waals surface area contributed by atoms with Crippen LogP contribution in [-0.4, -0.2) is 34.2 Å². The summed E-state index contributed by atoms with van der Waals surface area (Å²) < 4.78 is 28.8. The summed E-state index contributed by atoms with van der Waals surface area (Å²) in [5.74, 6) is -2.44. The summed E-state index contributed by atoms with van der Waals surface area (Å²) in [5.41, 5.74) is -0.302. The lowest BCUT2D eigenvalue weighted by atomic mass is 10.1. The lowest BCUT2D eigenvalue weighted by molar-refractivity contribution is 0.0922. The molecule has 1 aliphatic heterocycles. The number of carbonyl (C=O) groups excluding carboxylic acids is 1. The van der Waals surface area contributed by atoms with Crippen LogP contribution in [0.25, 0.3) is 0 Å². The monoisotopic (exact) mass is 433 g/mol. The molecule has 6 nitrogen and oxygen atoms in total. The van der Waals surface area contributed by atoms with Gasteiger partial charge in [-0.1, -0.05) is 30.8 Å². The average Bonchev–Trinajstić information content (AvgIpc) is 2.71. The van der Waals surface area contributed by atoms with Gasteiger partial charge in [0.2, 0.25) is 5.43 Å². The van der Waals surface area contributed by atoms with Crippen molar-refractivity contribution in [2.24, 2.45) is 4.99 Å². The molecule has 2 N–H and O–H groups in total. The fraction of sp³-hybridized carbons (Fsp3) is 0.286. The van der Waals surface area contributed by atoms with Crippen LogP contribution in [-0.2, 0) is 13.0 Å². The molecule has 1 aromatic carbocycles. The van der Waals surface area contributed by atoms with Crippen LogP contribution in [0.15, 0.2) is 45.2 Å². The first-order valence-corrected chi connectivity index (χ1v) is 10.2. The van der Waals surface area contributed by atoms with Gasteiger partial charge >= 0.3 is 0 Å². The summed E-state index contributed by atoms with van der Waals surface area (Å²) in [7, 11) is 1.51. The maximum atomic E-state index is 14.1. The Hall–Kier alpha value is -2.94. The van der Waals surface area contributed by atoms with Crippen molar-refractivity contribution in [2.75, 3.05) is 13.6 Å². The quantitative estimate of drug-likeness (QED) is 0.560. The summed E-state index contributed by atoms with van der Waals surface area (Å²) >= 11 is 1.18. The Morgan fingerprint density at radius 2 is 2.13 bits per heavy atom. The molecule has 0 atom stereocenters. The number of carbonyl (C=O) groups is 1. The number of aliphatic imine (C=N–C) groups is 1. The molecule has 0 aliphatic carbocycles. The van der Waals surface area contributed by atoms with Crippen LogP contribution in [0, 0.1) is 11.6 Å². The lowest BCUT2D eigenvalue weighted by Crippen LogP contribution is -2.38. The van der Waals surface area contributed by atoms with E-state index in [1.165, 1.54) is 41.7 Å². The molecule has 3 rings (SSSR count). The number of amides is 1. The number of nitrogens with one attached hydrogen (secondary N) is 1. The Bertz CT molecular complexity index is 1110. The molecule has 9 heteroatoms. The van der Waals surface area contributed by atoms with E-state index < -0.39 is 28.7 Å². The zero-order chi connectivity index (χ0) is 21.8. The van der Waals surface area contributed by atoms with Crippen molar-refractivity contribution in [1.82, 2.24) is 9.88 Å². The number of benzene rings is 1. The molecule has 30 heavy (non-hydrogen) atoms. The topological polar surface area (TPSA) is 83.7 Å². The number of hydrogen-bond donors (Lipinski definition) is 2. The van der Waals surface area contributed by atoms with Crippen LogP contribution in [0.3, 0.4) is 0 Å². The van der Waals surface area contributed by atoms with Crippen molar-refractivity contribution in [3.05, 3.63) is 74.1 Å². The standard InChI is InChI=1S/C21H21F2N3O3S/c1-3-4-14(9-12-5-6-13(22)10-16(12)23)30-21(24-2)15-11-26-8-7-25-20(29)17(26)19(28)18(15)27/h4-6,10-11,28H,3,7-9H2,1-2H3,(H,25,29)/b14-4+,24-21?. The molecule has 158 valence electrons. The number of allylic oxidation sites excluding steroid dienone is 2. The number of fused-ring (bicyclic) bond motifs is 1. The molecule has 1 aromatic heterocycles.